The monoisotopic (exact) mass is 322 g/mol. The molecule has 0 amide bonds. The Balaban J connectivity index is 1.50. The lowest BCUT2D eigenvalue weighted by Crippen LogP contribution is -2.28. The van der Waals surface area contributed by atoms with E-state index in [0.29, 0.717) is 5.92 Å². The van der Waals surface area contributed by atoms with Gasteiger partial charge in [0.2, 0.25) is 0 Å². The number of hydrogen-bond donors (Lipinski definition) is 0. The van der Waals surface area contributed by atoms with Gasteiger partial charge in [0, 0.05) is 37.4 Å². The molecule has 0 N–H and O–H groups in total. The molecule has 2 aromatic carbocycles. The van der Waals surface area contributed by atoms with Gasteiger partial charge in [-0.1, -0.05) is 42.5 Å². The van der Waals surface area contributed by atoms with E-state index in [2.05, 4.69) is 59.3 Å². The van der Waals surface area contributed by atoms with Crippen molar-refractivity contribution in [3.8, 4) is 0 Å². The molecule has 3 rings (SSSR count). The van der Waals surface area contributed by atoms with Crippen LogP contribution in [0.15, 0.2) is 54.6 Å². The molecule has 1 aliphatic heterocycles. The van der Waals surface area contributed by atoms with Gasteiger partial charge in [0.15, 0.2) is 5.78 Å². The number of carbonyl (C=O) groups is 1. The second-order valence-corrected chi connectivity index (χ2v) is 6.89. The molecule has 0 saturated carbocycles. The number of benzene rings is 2. The van der Waals surface area contributed by atoms with Crippen molar-refractivity contribution >= 4 is 11.5 Å². The van der Waals surface area contributed by atoms with E-state index in [9.17, 15) is 4.79 Å². The predicted octanol–water partition coefficient (Wildman–Crippen LogP) is 3.85. The van der Waals surface area contributed by atoms with Crippen LogP contribution in [0.1, 0.15) is 29.3 Å². The Labute approximate surface area is 144 Å². The molecule has 0 aromatic heterocycles. The number of anilines is 1. The van der Waals surface area contributed by atoms with Crippen LogP contribution in [0.25, 0.3) is 0 Å². The zero-order valence-electron chi connectivity index (χ0n) is 14.6. The molecule has 1 fully saturated rings. The quantitative estimate of drug-likeness (QED) is 0.755. The van der Waals surface area contributed by atoms with Gasteiger partial charge >= 0.3 is 0 Å². The molecule has 0 bridgehead atoms. The first kappa shape index (κ1) is 16.7. The summed E-state index contributed by atoms with van der Waals surface area (Å²) in [6, 6.07) is 18.7. The lowest BCUT2D eigenvalue weighted by Gasteiger charge is -2.22. The molecule has 0 radical (unpaired) electrons. The number of nitrogens with zero attached hydrogens (tertiary/aromatic N) is 2. The van der Waals surface area contributed by atoms with Crippen molar-refractivity contribution in [3.05, 3.63) is 65.7 Å². The van der Waals surface area contributed by atoms with E-state index in [-0.39, 0.29) is 5.78 Å². The van der Waals surface area contributed by atoms with E-state index in [4.69, 9.17) is 0 Å². The summed E-state index contributed by atoms with van der Waals surface area (Å²) in [6.45, 7) is 5.94. The van der Waals surface area contributed by atoms with Crippen LogP contribution in [0.3, 0.4) is 0 Å². The van der Waals surface area contributed by atoms with Crippen molar-refractivity contribution in [2.75, 3.05) is 31.6 Å². The summed E-state index contributed by atoms with van der Waals surface area (Å²) < 4.78 is 0. The van der Waals surface area contributed by atoms with Crippen LogP contribution >= 0.6 is 0 Å². The fourth-order valence-corrected chi connectivity index (χ4v) is 3.52. The van der Waals surface area contributed by atoms with Crippen LogP contribution in [-0.2, 0) is 6.54 Å². The molecule has 2 aromatic rings. The molecular weight excluding hydrogens is 296 g/mol. The summed E-state index contributed by atoms with van der Waals surface area (Å²) in [4.78, 5) is 16.2. The van der Waals surface area contributed by atoms with E-state index in [0.717, 1.165) is 31.7 Å². The number of para-hydroxylation sites is 1. The lowest BCUT2D eigenvalue weighted by molar-refractivity contribution is 0.101. The Morgan fingerprint density at radius 2 is 1.83 bits per heavy atom. The van der Waals surface area contributed by atoms with E-state index in [1.807, 2.05) is 12.1 Å². The maximum Gasteiger partial charge on any atom is 0.159 e. The number of Topliss-reactive ketones (excluding diaryl/α,β-unsaturated/α-hetero) is 1. The van der Waals surface area contributed by atoms with Crippen molar-refractivity contribution in [1.82, 2.24) is 4.90 Å². The second-order valence-electron chi connectivity index (χ2n) is 6.89. The van der Waals surface area contributed by atoms with E-state index < -0.39 is 0 Å². The highest BCUT2D eigenvalue weighted by molar-refractivity contribution is 5.93. The fraction of sp³-hybridized carbons (Fsp3) is 0.381. The van der Waals surface area contributed by atoms with Crippen LogP contribution in [-0.4, -0.2) is 37.4 Å². The van der Waals surface area contributed by atoms with Gasteiger partial charge in [-0.3, -0.25) is 4.79 Å². The first-order valence-electron chi connectivity index (χ1n) is 8.70. The van der Waals surface area contributed by atoms with Gasteiger partial charge in [0.25, 0.3) is 0 Å². The first-order chi connectivity index (χ1) is 11.6. The van der Waals surface area contributed by atoms with Crippen molar-refractivity contribution in [2.24, 2.45) is 5.92 Å². The van der Waals surface area contributed by atoms with E-state index in [1.54, 1.807) is 6.92 Å². The Bertz CT molecular complexity index is 666. The smallest absolute Gasteiger partial charge is 0.159 e. The van der Waals surface area contributed by atoms with Gasteiger partial charge in [0.1, 0.15) is 0 Å². The topological polar surface area (TPSA) is 23.6 Å². The maximum atomic E-state index is 11.3. The fourth-order valence-electron chi connectivity index (χ4n) is 3.52. The van der Waals surface area contributed by atoms with Gasteiger partial charge in [-0.25, -0.2) is 0 Å². The highest BCUT2D eigenvalue weighted by Crippen LogP contribution is 2.24. The summed E-state index contributed by atoms with van der Waals surface area (Å²) in [5.74, 6) is 0.841. The third-order valence-corrected chi connectivity index (χ3v) is 4.79. The van der Waals surface area contributed by atoms with Gasteiger partial charge in [0.05, 0.1) is 0 Å². The molecule has 0 aliphatic carbocycles. The zero-order chi connectivity index (χ0) is 16.9. The average molecular weight is 322 g/mol. The zero-order valence-corrected chi connectivity index (χ0v) is 14.6. The average Bonchev–Trinajstić information content (AvgIpc) is 3.04. The molecule has 3 heteroatoms. The summed E-state index contributed by atoms with van der Waals surface area (Å²) >= 11 is 0. The normalized spacial score (nSPS) is 17.5. The van der Waals surface area contributed by atoms with Crippen molar-refractivity contribution < 1.29 is 4.79 Å². The van der Waals surface area contributed by atoms with Crippen molar-refractivity contribution in [2.45, 2.75) is 19.9 Å². The number of rotatable bonds is 6. The van der Waals surface area contributed by atoms with Gasteiger partial charge in [-0.05, 0) is 44.0 Å². The molecule has 3 nitrogen and oxygen atoms in total. The Kier molecular flexibility index (Phi) is 5.31. The summed E-state index contributed by atoms with van der Waals surface area (Å²) in [5.41, 5.74) is 3.39. The molecule has 1 heterocycles. The Hall–Kier alpha value is -2.13. The maximum absolute atomic E-state index is 11.3. The Morgan fingerprint density at radius 1 is 1.12 bits per heavy atom. The first-order valence-corrected chi connectivity index (χ1v) is 8.70. The molecule has 1 aliphatic rings. The third kappa shape index (κ3) is 4.24. The summed E-state index contributed by atoms with van der Waals surface area (Å²) in [5, 5.41) is 0. The number of ketones is 1. The second kappa shape index (κ2) is 7.63. The van der Waals surface area contributed by atoms with Gasteiger partial charge in [-0.15, -0.1) is 0 Å². The SMILES string of the molecule is CC(=O)c1ccc(CN(C)C[C@H]2CCN(c3ccccc3)C2)cc1. The third-order valence-electron chi connectivity index (χ3n) is 4.79. The van der Waals surface area contributed by atoms with E-state index in [1.165, 1.54) is 17.7 Å². The van der Waals surface area contributed by atoms with Gasteiger partial charge in [-0.2, -0.15) is 0 Å². The minimum atomic E-state index is 0.127. The van der Waals surface area contributed by atoms with E-state index >= 15 is 0 Å². The van der Waals surface area contributed by atoms with Crippen molar-refractivity contribution in [3.63, 3.8) is 0 Å². The highest BCUT2D eigenvalue weighted by atomic mass is 16.1. The van der Waals surface area contributed by atoms with Crippen LogP contribution in [0.4, 0.5) is 5.69 Å². The minimum Gasteiger partial charge on any atom is -0.371 e. The highest BCUT2D eigenvalue weighted by Gasteiger charge is 2.23. The molecular formula is C21H26N2O. The molecule has 126 valence electrons. The number of hydrogen-bond acceptors (Lipinski definition) is 3. The molecule has 0 unspecified atom stereocenters. The molecule has 0 spiro atoms. The van der Waals surface area contributed by atoms with Crippen LogP contribution in [0.2, 0.25) is 0 Å². The largest absolute Gasteiger partial charge is 0.371 e. The predicted molar refractivity (Wildman–Crippen MR) is 99.5 cm³/mol. The minimum absolute atomic E-state index is 0.127. The van der Waals surface area contributed by atoms with Crippen molar-refractivity contribution in [1.29, 1.82) is 0 Å². The van der Waals surface area contributed by atoms with Crippen LogP contribution < -0.4 is 4.90 Å². The van der Waals surface area contributed by atoms with Crippen LogP contribution in [0, 0.1) is 5.92 Å². The molecule has 1 saturated heterocycles. The summed E-state index contributed by atoms with van der Waals surface area (Å²) in [7, 11) is 2.18. The number of carbonyl (C=O) groups excluding carboxylic acids is 1. The van der Waals surface area contributed by atoms with Crippen LogP contribution in [0.5, 0.6) is 0 Å². The molecule has 24 heavy (non-hydrogen) atoms. The lowest BCUT2D eigenvalue weighted by atomic mass is 10.1. The standard InChI is InChI=1S/C21H26N2O/c1-17(24)20-10-8-18(9-11-20)14-22(2)15-19-12-13-23(16-19)21-6-4-3-5-7-21/h3-11,19H,12-16H2,1-2H3/t19-/m1/s1. The van der Waals surface area contributed by atoms with Gasteiger partial charge < -0.3 is 9.80 Å². The summed E-state index contributed by atoms with van der Waals surface area (Å²) in [6.07, 6.45) is 1.25. The Morgan fingerprint density at radius 3 is 2.50 bits per heavy atom. The molecule has 1 atom stereocenters.